The number of pyridine rings is 1. The molecular formula is C27H26F3N5S. The molecule has 2 aromatic heterocycles. The summed E-state index contributed by atoms with van der Waals surface area (Å²) < 4.78 is 38.6. The summed E-state index contributed by atoms with van der Waals surface area (Å²) in [6, 6.07) is 21.3. The number of aromatic nitrogens is 3. The molecule has 0 unspecified atom stereocenters. The number of aromatic amines is 1. The second-order valence-electron chi connectivity index (χ2n) is 8.83. The van der Waals surface area contributed by atoms with Gasteiger partial charge in [0.25, 0.3) is 0 Å². The molecule has 0 spiro atoms. The Morgan fingerprint density at radius 3 is 2.25 bits per heavy atom. The second-order valence-corrected chi connectivity index (χ2v) is 9.98. The summed E-state index contributed by atoms with van der Waals surface area (Å²) in [6.07, 6.45) is 1.63. The van der Waals surface area contributed by atoms with Crippen molar-refractivity contribution in [1.29, 1.82) is 0 Å². The lowest BCUT2D eigenvalue weighted by atomic mass is 9.95. The summed E-state index contributed by atoms with van der Waals surface area (Å²) in [6.45, 7) is 0. The van der Waals surface area contributed by atoms with Gasteiger partial charge in [-0.2, -0.15) is 18.3 Å². The van der Waals surface area contributed by atoms with E-state index in [4.69, 9.17) is 4.98 Å². The minimum absolute atomic E-state index is 0.410. The summed E-state index contributed by atoms with van der Waals surface area (Å²) in [4.78, 5) is 6.94. The SMILES string of the molecule is FC(F)(F)c1ccc(-c2cc(Nc3cc(Sc4ccccc4)cc(NC4CCCCC4)n3)n[nH]2)cc1. The first-order valence-corrected chi connectivity index (χ1v) is 12.8. The molecule has 2 heterocycles. The number of benzene rings is 2. The Morgan fingerprint density at radius 2 is 1.53 bits per heavy atom. The molecule has 0 amide bonds. The van der Waals surface area contributed by atoms with Crippen molar-refractivity contribution in [2.24, 2.45) is 0 Å². The van der Waals surface area contributed by atoms with Crippen molar-refractivity contribution in [3.05, 3.63) is 78.4 Å². The van der Waals surface area contributed by atoms with Crippen molar-refractivity contribution < 1.29 is 13.2 Å². The molecule has 186 valence electrons. The van der Waals surface area contributed by atoms with Crippen molar-refractivity contribution in [3.63, 3.8) is 0 Å². The highest BCUT2D eigenvalue weighted by atomic mass is 32.2. The smallest absolute Gasteiger partial charge is 0.367 e. The van der Waals surface area contributed by atoms with E-state index in [9.17, 15) is 13.2 Å². The van der Waals surface area contributed by atoms with E-state index in [-0.39, 0.29) is 0 Å². The van der Waals surface area contributed by atoms with Gasteiger partial charge in [-0.25, -0.2) is 4.98 Å². The minimum atomic E-state index is -4.36. The van der Waals surface area contributed by atoms with Crippen LogP contribution in [0.4, 0.5) is 30.6 Å². The molecule has 5 nitrogen and oxygen atoms in total. The highest BCUT2D eigenvalue weighted by molar-refractivity contribution is 7.99. The van der Waals surface area contributed by atoms with Crippen LogP contribution in [0, 0.1) is 0 Å². The van der Waals surface area contributed by atoms with Crippen LogP contribution < -0.4 is 10.6 Å². The Balaban J connectivity index is 1.36. The lowest BCUT2D eigenvalue weighted by Crippen LogP contribution is -2.22. The molecule has 3 N–H and O–H groups in total. The van der Waals surface area contributed by atoms with Crippen LogP contribution in [-0.2, 0) is 6.18 Å². The van der Waals surface area contributed by atoms with E-state index in [1.165, 1.54) is 31.4 Å². The van der Waals surface area contributed by atoms with Gasteiger partial charge in [-0.1, -0.05) is 61.4 Å². The molecule has 9 heteroatoms. The lowest BCUT2D eigenvalue weighted by Gasteiger charge is -2.23. The van der Waals surface area contributed by atoms with Gasteiger partial charge in [-0.3, -0.25) is 5.10 Å². The average Bonchev–Trinajstić information content (AvgIpc) is 3.33. The van der Waals surface area contributed by atoms with Gasteiger partial charge < -0.3 is 10.6 Å². The Morgan fingerprint density at radius 1 is 0.806 bits per heavy atom. The first-order chi connectivity index (χ1) is 17.4. The van der Waals surface area contributed by atoms with Gasteiger partial charge in [-0.15, -0.1) is 0 Å². The number of rotatable bonds is 7. The summed E-state index contributed by atoms with van der Waals surface area (Å²) in [5.41, 5.74) is 0.546. The Hall–Kier alpha value is -3.46. The maximum absolute atomic E-state index is 12.9. The average molecular weight is 510 g/mol. The van der Waals surface area contributed by atoms with Gasteiger partial charge in [0.15, 0.2) is 5.82 Å². The molecular weight excluding hydrogens is 483 g/mol. The third-order valence-corrected chi connectivity index (χ3v) is 7.07. The first-order valence-electron chi connectivity index (χ1n) is 11.9. The van der Waals surface area contributed by atoms with Gasteiger partial charge in [0.05, 0.1) is 11.3 Å². The number of alkyl halides is 3. The Labute approximate surface area is 211 Å². The molecule has 0 saturated heterocycles. The predicted molar refractivity (Wildman–Crippen MR) is 138 cm³/mol. The number of hydrogen-bond acceptors (Lipinski definition) is 5. The third-order valence-electron chi connectivity index (χ3n) is 6.09. The first kappa shape index (κ1) is 24.2. The van der Waals surface area contributed by atoms with Crippen molar-refractivity contribution in [2.75, 3.05) is 10.6 Å². The van der Waals surface area contributed by atoms with E-state index >= 15 is 0 Å². The molecule has 1 fully saturated rings. The third kappa shape index (κ3) is 6.20. The van der Waals surface area contributed by atoms with Crippen LogP contribution in [0.5, 0.6) is 0 Å². The fraction of sp³-hybridized carbons (Fsp3) is 0.259. The van der Waals surface area contributed by atoms with E-state index in [1.54, 1.807) is 17.8 Å². The largest absolute Gasteiger partial charge is 0.416 e. The number of nitrogens with zero attached hydrogens (tertiary/aromatic N) is 2. The second kappa shape index (κ2) is 10.7. The predicted octanol–water partition coefficient (Wildman–Crippen LogP) is 8.13. The van der Waals surface area contributed by atoms with Crippen molar-refractivity contribution in [1.82, 2.24) is 15.2 Å². The van der Waals surface area contributed by atoms with Gasteiger partial charge in [-0.05, 0) is 54.8 Å². The maximum atomic E-state index is 12.9. The van der Waals surface area contributed by atoms with Crippen molar-refractivity contribution >= 4 is 29.2 Å². The van der Waals surface area contributed by atoms with Gasteiger partial charge in [0, 0.05) is 21.9 Å². The van der Waals surface area contributed by atoms with Crippen LogP contribution in [0.3, 0.4) is 0 Å². The standard InChI is InChI=1S/C27H26F3N5S/c28-27(29,30)19-13-11-18(12-14-19)23-17-26(35-34-23)33-25-16-22(36-21-9-5-2-6-10-21)15-24(32-25)31-20-7-3-1-4-8-20/h2,5-6,9-17,20H,1,3-4,7-8H2,(H3,31,32,33,34,35). The van der Waals surface area contributed by atoms with Gasteiger partial charge >= 0.3 is 6.18 Å². The summed E-state index contributed by atoms with van der Waals surface area (Å²) in [5, 5.41) is 14.0. The zero-order valence-electron chi connectivity index (χ0n) is 19.5. The maximum Gasteiger partial charge on any atom is 0.416 e. The van der Waals surface area contributed by atoms with Crippen LogP contribution in [0.1, 0.15) is 37.7 Å². The minimum Gasteiger partial charge on any atom is -0.367 e. The number of nitrogens with one attached hydrogen (secondary N) is 3. The van der Waals surface area contributed by atoms with E-state index in [2.05, 4.69) is 39.0 Å². The van der Waals surface area contributed by atoms with Crippen LogP contribution in [0.25, 0.3) is 11.3 Å². The fourth-order valence-electron chi connectivity index (χ4n) is 4.29. The number of anilines is 3. The Kier molecular flexibility index (Phi) is 7.18. The van der Waals surface area contributed by atoms with Crippen LogP contribution in [0.15, 0.2) is 82.6 Å². The topological polar surface area (TPSA) is 65.6 Å². The van der Waals surface area contributed by atoms with Crippen LogP contribution in [0.2, 0.25) is 0 Å². The normalized spacial score (nSPS) is 14.5. The summed E-state index contributed by atoms with van der Waals surface area (Å²) >= 11 is 1.65. The van der Waals surface area contributed by atoms with Crippen LogP contribution in [-0.4, -0.2) is 21.2 Å². The highest BCUT2D eigenvalue weighted by Gasteiger charge is 2.30. The van der Waals surface area contributed by atoms with E-state index < -0.39 is 11.7 Å². The lowest BCUT2D eigenvalue weighted by molar-refractivity contribution is -0.137. The number of H-pyrrole nitrogens is 1. The van der Waals surface area contributed by atoms with E-state index in [0.717, 1.165) is 40.6 Å². The molecule has 1 saturated carbocycles. The zero-order valence-corrected chi connectivity index (χ0v) is 20.3. The molecule has 36 heavy (non-hydrogen) atoms. The molecule has 0 aliphatic heterocycles. The molecule has 5 rings (SSSR count). The molecule has 0 atom stereocenters. The molecule has 4 aromatic rings. The monoisotopic (exact) mass is 509 g/mol. The molecule has 1 aliphatic rings. The zero-order chi connectivity index (χ0) is 25.0. The van der Waals surface area contributed by atoms with Crippen molar-refractivity contribution in [2.45, 2.75) is 54.1 Å². The van der Waals surface area contributed by atoms with Crippen molar-refractivity contribution in [3.8, 4) is 11.3 Å². The van der Waals surface area contributed by atoms with Gasteiger partial charge in [0.1, 0.15) is 11.6 Å². The summed E-state index contributed by atoms with van der Waals surface area (Å²) in [5.74, 6) is 1.98. The highest BCUT2D eigenvalue weighted by Crippen LogP contribution is 2.33. The quantitative estimate of drug-likeness (QED) is 0.235. The molecule has 0 bridgehead atoms. The van der Waals surface area contributed by atoms with Gasteiger partial charge in [0.2, 0.25) is 0 Å². The van der Waals surface area contributed by atoms with E-state index in [1.807, 2.05) is 24.3 Å². The van der Waals surface area contributed by atoms with Crippen LogP contribution >= 0.6 is 11.8 Å². The molecule has 1 aliphatic carbocycles. The Bertz CT molecular complexity index is 1280. The number of hydrogen-bond donors (Lipinski definition) is 3. The van der Waals surface area contributed by atoms with E-state index in [0.29, 0.717) is 28.9 Å². The fourth-order valence-corrected chi connectivity index (χ4v) is 5.19. The molecule has 2 aromatic carbocycles. The number of halogens is 3. The summed E-state index contributed by atoms with van der Waals surface area (Å²) in [7, 11) is 0. The molecule has 0 radical (unpaired) electrons.